The van der Waals surface area contributed by atoms with Crippen LogP contribution in [0, 0.1) is 11.6 Å². The Labute approximate surface area is 196 Å². The van der Waals surface area contributed by atoms with Gasteiger partial charge in [-0.1, -0.05) is 0 Å². The molecule has 0 bridgehead atoms. The number of carbonyl (C=O) groups excluding carboxylic acids is 2. The summed E-state index contributed by atoms with van der Waals surface area (Å²) < 4.78 is 54.0. The zero-order chi connectivity index (χ0) is 25.5. The lowest BCUT2D eigenvalue weighted by Gasteiger charge is -2.25. The maximum Gasteiger partial charge on any atom is 0.315 e. The maximum absolute atomic E-state index is 14.8. The van der Waals surface area contributed by atoms with E-state index in [0.29, 0.717) is 5.06 Å². The Morgan fingerprint density at radius 3 is 2.51 bits per heavy atom. The molecule has 3 N–H and O–H groups in total. The van der Waals surface area contributed by atoms with Gasteiger partial charge in [0.05, 0.1) is 37.7 Å². The minimum atomic E-state index is -3.27. The van der Waals surface area contributed by atoms with E-state index in [-0.39, 0.29) is 37.6 Å². The van der Waals surface area contributed by atoms with Gasteiger partial charge in [-0.25, -0.2) is 18.8 Å². The molecule has 190 valence electrons. The first kappa shape index (κ1) is 26.1. The number of carbonyl (C=O) groups is 2. The lowest BCUT2D eigenvalue weighted by atomic mass is 10.2. The van der Waals surface area contributed by atoms with Gasteiger partial charge in [0.2, 0.25) is 0 Å². The molecule has 35 heavy (non-hydrogen) atoms. The van der Waals surface area contributed by atoms with Gasteiger partial charge in [-0.3, -0.25) is 29.7 Å². The van der Waals surface area contributed by atoms with E-state index in [9.17, 15) is 37.5 Å². The first-order chi connectivity index (χ1) is 16.7. The van der Waals surface area contributed by atoms with E-state index in [2.05, 4.69) is 9.97 Å². The first-order valence-corrected chi connectivity index (χ1v) is 10.3. The van der Waals surface area contributed by atoms with E-state index in [1.165, 1.54) is 23.5 Å². The number of hydrogen-bond acceptors (Lipinski definition) is 9. The number of aliphatic hydroxyl groups is 1. The number of aromatic nitrogens is 2. The molecular weight excluding hydrogens is 480 g/mol. The Morgan fingerprint density at radius 1 is 1.17 bits per heavy atom. The van der Waals surface area contributed by atoms with Crippen LogP contribution in [0.4, 0.5) is 28.9 Å². The molecule has 1 fully saturated rings. The van der Waals surface area contributed by atoms with Gasteiger partial charge in [-0.15, -0.1) is 0 Å². The average Bonchev–Trinajstić information content (AvgIpc) is 3.08. The fourth-order valence-corrected chi connectivity index (χ4v) is 3.24. The van der Waals surface area contributed by atoms with Crippen molar-refractivity contribution in [2.75, 3.05) is 49.3 Å². The van der Waals surface area contributed by atoms with Gasteiger partial charge in [0, 0.05) is 44.2 Å². The molecule has 1 aliphatic heterocycles. The molecule has 2 heterocycles. The fourth-order valence-electron chi connectivity index (χ4n) is 3.24. The molecule has 0 radical (unpaired) electrons. The van der Waals surface area contributed by atoms with E-state index in [1.807, 2.05) is 0 Å². The highest BCUT2D eigenvalue weighted by atomic mass is 19.3. The summed E-state index contributed by atoms with van der Waals surface area (Å²) in [6.07, 6.45) is -0.779. The van der Waals surface area contributed by atoms with Gasteiger partial charge in [0.15, 0.2) is 11.6 Å². The van der Waals surface area contributed by atoms with Crippen LogP contribution in [0.5, 0.6) is 0 Å². The molecule has 3 rings (SSSR count). The third kappa shape index (κ3) is 6.74. The minimum Gasteiger partial charge on any atom is -0.389 e. The lowest BCUT2D eigenvalue weighted by molar-refractivity contribution is -0.132. The monoisotopic (exact) mass is 502 g/mol. The fraction of sp³-hybridized carbons (Fsp3) is 0.400. The van der Waals surface area contributed by atoms with Crippen molar-refractivity contribution < 1.29 is 42.3 Å². The van der Waals surface area contributed by atoms with Crippen LogP contribution >= 0.6 is 0 Å². The predicted molar refractivity (Wildman–Crippen MR) is 112 cm³/mol. The molecule has 1 aromatic heterocycles. The highest BCUT2D eigenvalue weighted by Crippen LogP contribution is 2.29. The molecule has 2 aromatic rings. The molecule has 0 unspecified atom stereocenters. The van der Waals surface area contributed by atoms with Crippen LogP contribution in [-0.2, 0) is 9.63 Å². The summed E-state index contributed by atoms with van der Waals surface area (Å²) in [6, 6.07) is 1.63. The van der Waals surface area contributed by atoms with Gasteiger partial charge in [-0.2, -0.15) is 8.78 Å². The van der Waals surface area contributed by atoms with Crippen molar-refractivity contribution in [1.29, 1.82) is 0 Å². The molecule has 1 atom stereocenters. The van der Waals surface area contributed by atoms with E-state index >= 15 is 0 Å². The van der Waals surface area contributed by atoms with E-state index in [4.69, 9.17) is 4.84 Å². The molecule has 15 heteroatoms. The van der Waals surface area contributed by atoms with Crippen LogP contribution in [0.1, 0.15) is 10.5 Å². The van der Waals surface area contributed by atoms with Gasteiger partial charge in [0.1, 0.15) is 11.4 Å². The maximum atomic E-state index is 14.8. The second kappa shape index (κ2) is 11.7. The Bertz CT molecular complexity index is 1010. The van der Waals surface area contributed by atoms with Crippen molar-refractivity contribution in [2.45, 2.75) is 12.5 Å². The summed E-state index contributed by atoms with van der Waals surface area (Å²) in [7, 11) is 0. The SMILES string of the molecule is O=C(NC[C@H](O)CN(O)c1cc(F)c(N2CCON(C(=O)c3cnccn3)CC2)c(F)c1)C(F)F. The molecule has 2 amide bonds. The van der Waals surface area contributed by atoms with Crippen molar-refractivity contribution in [3.8, 4) is 0 Å². The number of hydroxylamine groups is 3. The third-order valence-electron chi connectivity index (χ3n) is 4.90. The standard InChI is InChI=1S/C20H22F4N6O5/c21-14-7-12(29(34)11-13(31)9-27-19(32)18(23)24)8-15(22)17(14)28-3-4-30(35-6-5-28)20(33)16-10-25-1-2-26-16/h1-2,7-8,10,13,18,31,34H,3-6,9,11H2,(H,27,32)/t13-/m0/s1. The van der Waals surface area contributed by atoms with Crippen LogP contribution < -0.4 is 15.3 Å². The van der Waals surface area contributed by atoms with Crippen molar-refractivity contribution in [3.63, 3.8) is 0 Å². The summed E-state index contributed by atoms with van der Waals surface area (Å²) in [6.45, 7) is -1.26. The Kier molecular flexibility index (Phi) is 8.73. The number of benzene rings is 1. The average molecular weight is 502 g/mol. The molecular formula is C20H22F4N6O5. The number of nitrogens with one attached hydrogen (secondary N) is 1. The van der Waals surface area contributed by atoms with Crippen LogP contribution in [-0.4, -0.2) is 89.0 Å². The second-order valence-corrected chi connectivity index (χ2v) is 7.36. The van der Waals surface area contributed by atoms with Crippen molar-refractivity contribution >= 4 is 23.2 Å². The summed E-state index contributed by atoms with van der Waals surface area (Å²) in [4.78, 5) is 37.7. The number of halogens is 4. The van der Waals surface area contributed by atoms with Crippen LogP contribution in [0.2, 0.25) is 0 Å². The van der Waals surface area contributed by atoms with Gasteiger partial charge < -0.3 is 15.3 Å². The van der Waals surface area contributed by atoms with Crippen LogP contribution in [0.15, 0.2) is 30.7 Å². The Balaban J connectivity index is 1.64. The minimum absolute atomic E-state index is 0.0184. The van der Waals surface area contributed by atoms with Gasteiger partial charge in [0.25, 0.3) is 11.8 Å². The van der Waals surface area contributed by atoms with Crippen LogP contribution in [0.25, 0.3) is 0 Å². The number of rotatable bonds is 8. The van der Waals surface area contributed by atoms with Crippen molar-refractivity contribution in [3.05, 3.63) is 48.1 Å². The molecule has 0 spiro atoms. The number of hydrogen-bond donors (Lipinski definition) is 3. The summed E-state index contributed by atoms with van der Waals surface area (Å²) in [5, 5.41) is 22.9. The Morgan fingerprint density at radius 2 is 1.89 bits per heavy atom. The highest BCUT2D eigenvalue weighted by Gasteiger charge is 2.26. The number of amides is 2. The smallest absolute Gasteiger partial charge is 0.315 e. The van der Waals surface area contributed by atoms with E-state index in [1.54, 1.807) is 5.32 Å². The third-order valence-corrected chi connectivity index (χ3v) is 4.90. The summed E-state index contributed by atoms with van der Waals surface area (Å²) in [5.74, 6) is -4.23. The molecule has 11 nitrogen and oxygen atoms in total. The lowest BCUT2D eigenvalue weighted by Crippen LogP contribution is -2.41. The largest absolute Gasteiger partial charge is 0.389 e. The summed E-state index contributed by atoms with van der Waals surface area (Å²) >= 11 is 0. The predicted octanol–water partition coefficient (Wildman–Crippen LogP) is 0.587. The van der Waals surface area contributed by atoms with Crippen molar-refractivity contribution in [2.24, 2.45) is 0 Å². The zero-order valence-electron chi connectivity index (χ0n) is 18.2. The van der Waals surface area contributed by atoms with Crippen LogP contribution in [0.3, 0.4) is 0 Å². The van der Waals surface area contributed by atoms with Crippen molar-refractivity contribution in [1.82, 2.24) is 20.3 Å². The first-order valence-electron chi connectivity index (χ1n) is 10.3. The zero-order valence-corrected chi connectivity index (χ0v) is 18.2. The molecule has 1 aromatic carbocycles. The molecule has 1 aliphatic rings. The van der Waals surface area contributed by atoms with Gasteiger partial charge in [-0.05, 0) is 0 Å². The highest BCUT2D eigenvalue weighted by molar-refractivity contribution is 5.91. The molecule has 0 saturated carbocycles. The number of nitrogens with zero attached hydrogens (tertiary/aromatic N) is 5. The molecule has 1 saturated heterocycles. The topological polar surface area (TPSA) is 131 Å². The number of anilines is 2. The quantitative estimate of drug-likeness (QED) is 0.351. The number of aliphatic hydroxyl groups excluding tert-OH is 1. The Hall–Kier alpha value is -3.56. The van der Waals surface area contributed by atoms with Gasteiger partial charge >= 0.3 is 6.43 Å². The number of alkyl halides is 2. The summed E-state index contributed by atoms with van der Waals surface area (Å²) in [5.41, 5.74) is -0.723. The normalized spacial score (nSPS) is 15.1. The second-order valence-electron chi connectivity index (χ2n) is 7.36. The van der Waals surface area contributed by atoms with E-state index < -0.39 is 54.8 Å². The molecule has 0 aliphatic carbocycles. The van der Waals surface area contributed by atoms with E-state index in [0.717, 1.165) is 17.2 Å².